The lowest BCUT2D eigenvalue weighted by Gasteiger charge is -2.14. The molecule has 0 N–H and O–H groups in total. The molecule has 4 aromatic rings. The van der Waals surface area contributed by atoms with Gasteiger partial charge in [0, 0.05) is 5.56 Å². The van der Waals surface area contributed by atoms with Crippen LogP contribution in [0.3, 0.4) is 0 Å². The van der Waals surface area contributed by atoms with Crippen molar-refractivity contribution in [2.45, 2.75) is 27.4 Å². The fourth-order valence-corrected chi connectivity index (χ4v) is 3.66. The molecule has 0 aliphatic rings. The Labute approximate surface area is 175 Å². The summed E-state index contributed by atoms with van der Waals surface area (Å²) in [6.45, 7) is 6.22. The third kappa shape index (κ3) is 3.69. The van der Waals surface area contributed by atoms with Crippen LogP contribution in [0.4, 0.5) is 0 Å². The largest absolute Gasteiger partial charge is 0.497 e. The number of fused-ring (bicyclic) bond motifs is 1. The van der Waals surface area contributed by atoms with E-state index < -0.39 is 0 Å². The molecule has 0 aliphatic carbocycles. The minimum absolute atomic E-state index is 0.159. The molecular weight excluding hydrogens is 376 g/mol. The van der Waals surface area contributed by atoms with E-state index in [0.29, 0.717) is 16.7 Å². The number of aryl methyl sites for hydroxylation is 3. The van der Waals surface area contributed by atoms with Crippen LogP contribution in [-0.4, -0.2) is 7.11 Å². The summed E-state index contributed by atoms with van der Waals surface area (Å²) in [6, 6.07) is 19.3. The molecule has 152 valence electrons. The van der Waals surface area contributed by atoms with Crippen LogP contribution < -0.4 is 14.9 Å². The van der Waals surface area contributed by atoms with Crippen molar-refractivity contribution >= 4 is 11.0 Å². The van der Waals surface area contributed by atoms with Crippen LogP contribution >= 0.6 is 0 Å². The predicted molar refractivity (Wildman–Crippen MR) is 119 cm³/mol. The Morgan fingerprint density at radius 2 is 1.63 bits per heavy atom. The molecule has 4 nitrogen and oxygen atoms in total. The van der Waals surface area contributed by atoms with Crippen molar-refractivity contribution in [2.75, 3.05) is 7.11 Å². The van der Waals surface area contributed by atoms with Crippen LogP contribution in [0.5, 0.6) is 11.5 Å². The monoisotopic (exact) mass is 400 g/mol. The van der Waals surface area contributed by atoms with Crippen LogP contribution in [0.15, 0.2) is 69.9 Å². The molecule has 3 aromatic carbocycles. The molecule has 0 radical (unpaired) electrons. The third-order valence-corrected chi connectivity index (χ3v) is 5.28. The van der Waals surface area contributed by atoms with Gasteiger partial charge in [-0.1, -0.05) is 30.3 Å². The van der Waals surface area contributed by atoms with E-state index in [1.165, 1.54) is 0 Å². The first-order valence-corrected chi connectivity index (χ1v) is 9.87. The fraction of sp³-hybridized carbons (Fsp3) is 0.192. The minimum atomic E-state index is -0.159. The van der Waals surface area contributed by atoms with E-state index in [1.54, 1.807) is 7.11 Å². The van der Waals surface area contributed by atoms with Crippen molar-refractivity contribution in [3.63, 3.8) is 0 Å². The summed E-state index contributed by atoms with van der Waals surface area (Å²) < 4.78 is 17.6. The van der Waals surface area contributed by atoms with E-state index >= 15 is 0 Å². The second-order valence-electron chi connectivity index (χ2n) is 7.49. The highest BCUT2D eigenvalue weighted by Gasteiger charge is 2.20. The van der Waals surface area contributed by atoms with E-state index in [9.17, 15) is 4.79 Å². The zero-order chi connectivity index (χ0) is 21.3. The molecule has 0 saturated heterocycles. The quantitative estimate of drug-likeness (QED) is 0.414. The minimum Gasteiger partial charge on any atom is -0.497 e. The number of methoxy groups -OCH3 is 1. The van der Waals surface area contributed by atoms with E-state index in [-0.39, 0.29) is 17.8 Å². The summed E-state index contributed by atoms with van der Waals surface area (Å²) in [5.74, 6) is 1.38. The zero-order valence-electron chi connectivity index (χ0n) is 17.6. The second kappa shape index (κ2) is 8.07. The van der Waals surface area contributed by atoms with Gasteiger partial charge in [-0.2, -0.15) is 0 Å². The van der Waals surface area contributed by atoms with Gasteiger partial charge in [-0.05, 0) is 73.4 Å². The van der Waals surface area contributed by atoms with Crippen LogP contribution in [0.2, 0.25) is 0 Å². The summed E-state index contributed by atoms with van der Waals surface area (Å²) in [5.41, 5.74) is 5.21. The van der Waals surface area contributed by atoms with E-state index in [4.69, 9.17) is 13.9 Å². The molecule has 0 unspecified atom stereocenters. The van der Waals surface area contributed by atoms with Gasteiger partial charge in [-0.25, -0.2) is 0 Å². The van der Waals surface area contributed by atoms with Crippen LogP contribution in [0.1, 0.15) is 22.3 Å². The number of hydrogen-bond donors (Lipinski definition) is 0. The molecule has 1 heterocycles. The van der Waals surface area contributed by atoms with Crippen LogP contribution in [0.25, 0.3) is 22.3 Å². The molecule has 0 amide bonds. The van der Waals surface area contributed by atoms with E-state index in [0.717, 1.165) is 33.6 Å². The van der Waals surface area contributed by atoms with Crippen molar-refractivity contribution in [1.82, 2.24) is 0 Å². The SMILES string of the molecule is COc1ccc(-c2oc3cc(C)cc(C)c3c(=O)c2OCc2ccccc2C)cc1. The zero-order valence-corrected chi connectivity index (χ0v) is 17.6. The maximum Gasteiger partial charge on any atom is 0.235 e. The van der Waals surface area contributed by atoms with Crippen molar-refractivity contribution in [3.05, 3.63) is 93.1 Å². The van der Waals surface area contributed by atoms with Gasteiger partial charge in [0.2, 0.25) is 11.2 Å². The molecule has 0 aliphatic heterocycles. The number of benzene rings is 3. The smallest absolute Gasteiger partial charge is 0.235 e. The molecule has 4 rings (SSSR count). The summed E-state index contributed by atoms with van der Waals surface area (Å²) >= 11 is 0. The lowest BCUT2D eigenvalue weighted by atomic mass is 10.0. The van der Waals surface area contributed by atoms with Crippen molar-refractivity contribution in [1.29, 1.82) is 0 Å². The maximum atomic E-state index is 13.5. The third-order valence-electron chi connectivity index (χ3n) is 5.28. The summed E-state index contributed by atoms with van der Waals surface area (Å²) in [4.78, 5) is 13.5. The maximum absolute atomic E-state index is 13.5. The van der Waals surface area contributed by atoms with Gasteiger partial charge < -0.3 is 13.9 Å². The van der Waals surface area contributed by atoms with E-state index in [1.807, 2.05) is 81.4 Å². The highest BCUT2D eigenvalue weighted by molar-refractivity contribution is 5.85. The average molecular weight is 400 g/mol. The highest BCUT2D eigenvalue weighted by atomic mass is 16.5. The van der Waals surface area contributed by atoms with Crippen LogP contribution in [-0.2, 0) is 6.61 Å². The van der Waals surface area contributed by atoms with Gasteiger partial charge in [-0.15, -0.1) is 0 Å². The Hall–Kier alpha value is -3.53. The van der Waals surface area contributed by atoms with Gasteiger partial charge >= 0.3 is 0 Å². The molecule has 0 fully saturated rings. The second-order valence-corrected chi connectivity index (χ2v) is 7.49. The first-order chi connectivity index (χ1) is 14.5. The number of ether oxygens (including phenoxy) is 2. The molecular formula is C26H24O4. The standard InChI is InChI=1S/C26H24O4/c1-16-13-18(3)23-22(14-16)30-25(19-9-11-21(28-4)12-10-19)26(24(23)27)29-15-20-8-6-5-7-17(20)2/h5-14H,15H2,1-4H3. The van der Waals surface area contributed by atoms with Gasteiger partial charge in [0.25, 0.3) is 0 Å². The lowest BCUT2D eigenvalue weighted by Crippen LogP contribution is -2.12. The van der Waals surface area contributed by atoms with Crippen LogP contribution in [0, 0.1) is 20.8 Å². The first kappa shape index (κ1) is 19.8. The molecule has 0 atom stereocenters. The molecule has 0 spiro atoms. The fourth-order valence-electron chi connectivity index (χ4n) is 3.66. The Kier molecular flexibility index (Phi) is 5.32. The average Bonchev–Trinajstić information content (AvgIpc) is 2.73. The summed E-state index contributed by atoms with van der Waals surface area (Å²) in [5, 5.41) is 0.553. The summed E-state index contributed by atoms with van der Waals surface area (Å²) in [7, 11) is 1.62. The number of rotatable bonds is 5. The van der Waals surface area contributed by atoms with Gasteiger partial charge in [0.15, 0.2) is 5.76 Å². The topological polar surface area (TPSA) is 48.7 Å². The summed E-state index contributed by atoms with van der Waals surface area (Å²) in [6.07, 6.45) is 0. The Morgan fingerprint density at radius 3 is 2.33 bits per heavy atom. The Morgan fingerprint density at radius 1 is 0.900 bits per heavy atom. The molecule has 4 heteroatoms. The molecule has 0 bridgehead atoms. The van der Waals surface area contributed by atoms with E-state index in [2.05, 4.69) is 0 Å². The first-order valence-electron chi connectivity index (χ1n) is 9.87. The highest BCUT2D eigenvalue weighted by Crippen LogP contribution is 2.33. The van der Waals surface area contributed by atoms with Gasteiger partial charge in [-0.3, -0.25) is 4.79 Å². The normalized spacial score (nSPS) is 10.9. The van der Waals surface area contributed by atoms with Crippen molar-refractivity contribution in [3.8, 4) is 22.8 Å². The van der Waals surface area contributed by atoms with Crippen molar-refractivity contribution in [2.24, 2.45) is 0 Å². The number of hydrogen-bond acceptors (Lipinski definition) is 4. The molecule has 1 aromatic heterocycles. The Balaban J connectivity index is 1.89. The molecule has 0 saturated carbocycles. The predicted octanol–water partition coefficient (Wildman–Crippen LogP) is 5.97. The van der Waals surface area contributed by atoms with Crippen molar-refractivity contribution < 1.29 is 13.9 Å². The van der Waals surface area contributed by atoms with Gasteiger partial charge in [0.05, 0.1) is 12.5 Å². The van der Waals surface area contributed by atoms with Gasteiger partial charge in [0.1, 0.15) is 17.9 Å². The lowest BCUT2D eigenvalue weighted by molar-refractivity contribution is 0.297. The Bertz CT molecular complexity index is 1270. The molecule has 30 heavy (non-hydrogen) atoms.